The monoisotopic (exact) mass is 221 g/mol. The minimum atomic E-state index is -0.0572. The highest BCUT2D eigenvalue weighted by atomic mass is 35.5. The normalized spacial score (nSPS) is 8.50. The maximum absolute atomic E-state index is 8.72. The Bertz CT molecular complexity index is 515. The SMILES string of the molecule is N#Cc1cc(Cl)c(Cl)c(C#N)c1C#N. The molecule has 0 heterocycles. The molecule has 0 N–H and O–H groups in total. The van der Waals surface area contributed by atoms with E-state index in [1.807, 2.05) is 0 Å². The van der Waals surface area contributed by atoms with Gasteiger partial charge in [0.15, 0.2) is 0 Å². The van der Waals surface area contributed by atoms with E-state index in [0.29, 0.717) is 0 Å². The Morgan fingerprint density at radius 2 is 1.50 bits per heavy atom. The number of hydrogen-bond donors (Lipinski definition) is 0. The zero-order valence-electron chi connectivity index (χ0n) is 6.67. The number of nitriles is 3. The van der Waals surface area contributed by atoms with E-state index in [2.05, 4.69) is 0 Å². The van der Waals surface area contributed by atoms with Crippen LogP contribution in [0.25, 0.3) is 0 Å². The second-order valence-corrected chi connectivity index (χ2v) is 3.09. The third kappa shape index (κ3) is 1.50. The molecule has 1 rings (SSSR count). The van der Waals surface area contributed by atoms with Crippen molar-refractivity contribution in [2.24, 2.45) is 0 Å². The van der Waals surface area contributed by atoms with Crippen molar-refractivity contribution in [1.29, 1.82) is 15.8 Å². The molecule has 66 valence electrons. The van der Waals surface area contributed by atoms with Gasteiger partial charge >= 0.3 is 0 Å². The van der Waals surface area contributed by atoms with Crippen molar-refractivity contribution in [2.45, 2.75) is 0 Å². The van der Waals surface area contributed by atoms with Crippen LogP contribution >= 0.6 is 23.2 Å². The van der Waals surface area contributed by atoms with Crippen LogP contribution in [-0.4, -0.2) is 0 Å². The van der Waals surface area contributed by atoms with Crippen LogP contribution in [0, 0.1) is 34.0 Å². The van der Waals surface area contributed by atoms with Gasteiger partial charge in [-0.05, 0) is 6.07 Å². The Morgan fingerprint density at radius 1 is 0.929 bits per heavy atom. The third-order valence-electron chi connectivity index (χ3n) is 1.56. The Labute approximate surface area is 90.3 Å². The minimum Gasteiger partial charge on any atom is -0.192 e. The van der Waals surface area contributed by atoms with E-state index < -0.39 is 0 Å². The summed E-state index contributed by atoms with van der Waals surface area (Å²) in [6.45, 7) is 0. The minimum absolute atomic E-state index is 0.00437. The number of nitrogens with zero attached hydrogens (tertiary/aromatic N) is 3. The lowest BCUT2D eigenvalue weighted by molar-refractivity contribution is 1.39. The van der Waals surface area contributed by atoms with Gasteiger partial charge < -0.3 is 0 Å². The first-order valence-electron chi connectivity index (χ1n) is 3.38. The number of hydrogen-bond acceptors (Lipinski definition) is 3. The van der Waals surface area contributed by atoms with Crippen LogP contribution in [0.5, 0.6) is 0 Å². The van der Waals surface area contributed by atoms with Crippen LogP contribution in [0.3, 0.4) is 0 Å². The van der Waals surface area contributed by atoms with Crippen molar-refractivity contribution < 1.29 is 0 Å². The van der Waals surface area contributed by atoms with Gasteiger partial charge in [-0.15, -0.1) is 0 Å². The zero-order valence-corrected chi connectivity index (χ0v) is 8.19. The first-order valence-corrected chi connectivity index (χ1v) is 4.13. The average molecular weight is 222 g/mol. The predicted octanol–water partition coefficient (Wildman–Crippen LogP) is 2.61. The number of rotatable bonds is 0. The molecule has 0 aliphatic heterocycles. The van der Waals surface area contributed by atoms with Gasteiger partial charge in [0.05, 0.1) is 26.7 Å². The zero-order chi connectivity index (χ0) is 10.7. The van der Waals surface area contributed by atoms with Gasteiger partial charge in [-0.1, -0.05) is 23.2 Å². The molecular formula is C9HCl2N3. The van der Waals surface area contributed by atoms with Crippen molar-refractivity contribution >= 4 is 23.2 Å². The van der Waals surface area contributed by atoms with Crippen molar-refractivity contribution in [3.05, 3.63) is 32.8 Å². The largest absolute Gasteiger partial charge is 0.192 e. The van der Waals surface area contributed by atoms with E-state index in [1.165, 1.54) is 6.07 Å². The summed E-state index contributed by atoms with van der Waals surface area (Å²) in [7, 11) is 0. The summed E-state index contributed by atoms with van der Waals surface area (Å²) in [4.78, 5) is 0. The second-order valence-electron chi connectivity index (χ2n) is 2.31. The van der Waals surface area contributed by atoms with Gasteiger partial charge in [0.2, 0.25) is 0 Å². The second kappa shape index (κ2) is 3.99. The number of halogens is 2. The maximum atomic E-state index is 8.72. The maximum Gasteiger partial charge on any atom is 0.102 e. The summed E-state index contributed by atoms with van der Waals surface area (Å²) in [6, 6.07) is 6.53. The van der Waals surface area contributed by atoms with Gasteiger partial charge in [-0.3, -0.25) is 0 Å². The molecule has 0 fully saturated rings. The molecule has 1 aromatic carbocycles. The van der Waals surface area contributed by atoms with E-state index in [1.54, 1.807) is 18.2 Å². The molecule has 0 bridgehead atoms. The van der Waals surface area contributed by atoms with Gasteiger partial charge in [-0.25, -0.2) is 0 Å². The molecule has 0 amide bonds. The van der Waals surface area contributed by atoms with E-state index in [4.69, 9.17) is 39.0 Å². The van der Waals surface area contributed by atoms with Crippen LogP contribution in [0.15, 0.2) is 6.07 Å². The molecule has 14 heavy (non-hydrogen) atoms. The molecule has 0 aliphatic carbocycles. The van der Waals surface area contributed by atoms with Crippen LogP contribution in [-0.2, 0) is 0 Å². The molecule has 0 aliphatic rings. The molecule has 0 saturated carbocycles. The molecule has 5 heteroatoms. The first-order chi connectivity index (χ1) is 6.65. The summed E-state index contributed by atoms with van der Waals surface area (Å²) < 4.78 is 0. The van der Waals surface area contributed by atoms with E-state index in [-0.39, 0.29) is 26.7 Å². The number of benzene rings is 1. The molecule has 1 aromatic rings. The third-order valence-corrected chi connectivity index (χ3v) is 2.35. The summed E-state index contributed by atoms with van der Waals surface area (Å²) >= 11 is 11.4. The van der Waals surface area contributed by atoms with Gasteiger partial charge in [0.25, 0.3) is 0 Å². The summed E-state index contributed by atoms with van der Waals surface area (Å²) in [5.74, 6) is 0. The average Bonchev–Trinajstić information content (AvgIpc) is 2.20. The molecule has 0 spiro atoms. The van der Waals surface area contributed by atoms with Gasteiger partial charge in [0.1, 0.15) is 18.2 Å². The van der Waals surface area contributed by atoms with Crippen molar-refractivity contribution in [2.75, 3.05) is 0 Å². The molecule has 0 aromatic heterocycles. The Hall–Kier alpha value is -1.73. The van der Waals surface area contributed by atoms with Crippen molar-refractivity contribution in [1.82, 2.24) is 0 Å². The van der Waals surface area contributed by atoms with Crippen LogP contribution in [0.4, 0.5) is 0 Å². The van der Waals surface area contributed by atoms with Crippen LogP contribution in [0.1, 0.15) is 16.7 Å². The molecule has 0 saturated heterocycles. The smallest absolute Gasteiger partial charge is 0.102 e. The lowest BCUT2D eigenvalue weighted by atomic mass is 10.0. The van der Waals surface area contributed by atoms with Crippen molar-refractivity contribution in [3.8, 4) is 18.2 Å². The lowest BCUT2D eigenvalue weighted by Crippen LogP contribution is -1.91. The fourth-order valence-corrected chi connectivity index (χ4v) is 1.33. The highest BCUT2D eigenvalue weighted by Gasteiger charge is 2.15. The van der Waals surface area contributed by atoms with Gasteiger partial charge in [-0.2, -0.15) is 15.8 Å². The van der Waals surface area contributed by atoms with E-state index >= 15 is 0 Å². The Kier molecular flexibility index (Phi) is 2.95. The molecular weight excluding hydrogens is 221 g/mol. The molecule has 0 radical (unpaired) electrons. The highest BCUT2D eigenvalue weighted by molar-refractivity contribution is 6.42. The molecule has 0 unspecified atom stereocenters. The topological polar surface area (TPSA) is 71.4 Å². The predicted molar refractivity (Wildman–Crippen MR) is 50.6 cm³/mol. The van der Waals surface area contributed by atoms with Crippen molar-refractivity contribution in [3.63, 3.8) is 0 Å². The fraction of sp³-hybridized carbons (Fsp3) is 0. The standard InChI is InChI=1S/C9HCl2N3/c10-8-1-5(2-12)6(3-13)7(4-14)9(8)11/h1H. The summed E-state index contributed by atoms with van der Waals surface area (Å²) in [6.07, 6.45) is 0. The fourth-order valence-electron chi connectivity index (χ4n) is 0.935. The Balaban J connectivity index is 3.74. The molecule has 0 atom stereocenters. The van der Waals surface area contributed by atoms with E-state index in [0.717, 1.165) is 0 Å². The first kappa shape index (κ1) is 10.4. The Morgan fingerprint density at radius 3 is 1.93 bits per heavy atom. The van der Waals surface area contributed by atoms with Gasteiger partial charge in [0, 0.05) is 0 Å². The summed E-state index contributed by atoms with van der Waals surface area (Å²) in [5, 5.41) is 26.2. The molecule has 3 nitrogen and oxygen atoms in total. The lowest BCUT2D eigenvalue weighted by Gasteiger charge is -2.01. The van der Waals surface area contributed by atoms with E-state index in [9.17, 15) is 0 Å². The van der Waals surface area contributed by atoms with Crippen LogP contribution < -0.4 is 0 Å². The summed E-state index contributed by atoms with van der Waals surface area (Å²) in [5.41, 5.74) is -0.0407. The quantitative estimate of drug-likeness (QED) is 0.677. The van der Waals surface area contributed by atoms with Crippen LogP contribution in [0.2, 0.25) is 10.0 Å². The highest BCUT2D eigenvalue weighted by Crippen LogP contribution is 2.30.